The van der Waals surface area contributed by atoms with Gasteiger partial charge < -0.3 is 5.32 Å². The van der Waals surface area contributed by atoms with Crippen LogP contribution in [0.5, 0.6) is 0 Å². The van der Waals surface area contributed by atoms with Gasteiger partial charge in [-0.3, -0.25) is 19.5 Å². The zero-order valence-corrected chi connectivity index (χ0v) is 9.82. The Hall–Kier alpha value is -2.06. The van der Waals surface area contributed by atoms with Gasteiger partial charge in [-0.1, -0.05) is 0 Å². The number of pyridine rings is 1. The van der Waals surface area contributed by atoms with E-state index in [0.29, 0.717) is 23.5 Å². The lowest BCUT2D eigenvalue weighted by Gasteiger charge is -2.16. The first-order valence-corrected chi connectivity index (χ1v) is 5.46. The molecule has 1 saturated carbocycles. The smallest absolute Gasteiger partial charge is 0.378 e. The van der Waals surface area contributed by atoms with Gasteiger partial charge >= 0.3 is 6.18 Å². The van der Waals surface area contributed by atoms with Crippen LogP contribution in [0.1, 0.15) is 24.6 Å². The van der Waals surface area contributed by atoms with E-state index >= 15 is 0 Å². The second kappa shape index (κ2) is 4.25. The highest BCUT2D eigenvalue weighted by Gasteiger charge is 2.42. The zero-order valence-electron chi connectivity index (χ0n) is 9.82. The number of nitrogens with one attached hydrogen (secondary N) is 1. The Morgan fingerprint density at radius 1 is 1.47 bits per heavy atom. The minimum absolute atomic E-state index is 0.408. The first-order chi connectivity index (χ1) is 8.77. The molecule has 1 fully saturated rings. The maximum absolute atomic E-state index is 12.9. The first kappa shape index (κ1) is 13.4. The summed E-state index contributed by atoms with van der Waals surface area (Å²) in [6.45, 7) is 0. The van der Waals surface area contributed by atoms with Crippen LogP contribution in [0.25, 0.3) is 0 Å². The van der Waals surface area contributed by atoms with Gasteiger partial charge in [0.2, 0.25) is 0 Å². The minimum Gasteiger partial charge on any atom is -0.378 e. The number of rotatable bonds is 3. The van der Waals surface area contributed by atoms with Crippen molar-refractivity contribution in [3.05, 3.63) is 32.2 Å². The lowest BCUT2D eigenvalue weighted by Crippen LogP contribution is -2.29. The van der Waals surface area contributed by atoms with Crippen molar-refractivity contribution in [1.29, 1.82) is 0 Å². The molecule has 0 unspecified atom stereocenters. The van der Waals surface area contributed by atoms with E-state index in [2.05, 4.69) is 5.32 Å². The number of alkyl halides is 3. The molecular weight excluding hydrogens is 267 g/mol. The third-order valence-electron chi connectivity index (χ3n) is 2.87. The predicted octanol–water partition coefficient (Wildman–Crippen LogP) is 2.15. The highest BCUT2D eigenvalue weighted by molar-refractivity contribution is 5.60. The zero-order chi connectivity index (χ0) is 14.4. The molecule has 1 aromatic heterocycles. The molecule has 0 aromatic carbocycles. The molecule has 104 valence electrons. The lowest BCUT2D eigenvalue weighted by molar-refractivity contribution is -0.384. The van der Waals surface area contributed by atoms with E-state index in [1.807, 2.05) is 0 Å². The van der Waals surface area contributed by atoms with Gasteiger partial charge in [0.1, 0.15) is 5.69 Å². The maximum atomic E-state index is 12.9. The molecule has 0 amide bonds. The fourth-order valence-corrected chi connectivity index (χ4v) is 1.90. The van der Waals surface area contributed by atoms with Crippen LogP contribution in [0.3, 0.4) is 0 Å². The molecule has 0 aliphatic heterocycles. The summed E-state index contributed by atoms with van der Waals surface area (Å²) in [5.74, 6) is 0. The van der Waals surface area contributed by atoms with E-state index in [-0.39, 0.29) is 0 Å². The van der Waals surface area contributed by atoms with Crippen LogP contribution in [0, 0.1) is 10.1 Å². The molecule has 1 aromatic rings. The Morgan fingerprint density at radius 3 is 2.42 bits per heavy atom. The summed E-state index contributed by atoms with van der Waals surface area (Å²) >= 11 is 0. The van der Waals surface area contributed by atoms with Crippen molar-refractivity contribution in [2.45, 2.75) is 25.1 Å². The summed E-state index contributed by atoms with van der Waals surface area (Å²) < 4.78 is 39.3. The van der Waals surface area contributed by atoms with Crippen molar-refractivity contribution in [3.8, 4) is 0 Å². The average molecular weight is 277 g/mol. The van der Waals surface area contributed by atoms with E-state index in [4.69, 9.17) is 0 Å². The van der Waals surface area contributed by atoms with Gasteiger partial charge in [-0.15, -0.1) is 0 Å². The Kier molecular flexibility index (Phi) is 2.99. The van der Waals surface area contributed by atoms with Crippen LogP contribution in [0.15, 0.2) is 10.9 Å². The van der Waals surface area contributed by atoms with Crippen molar-refractivity contribution >= 4 is 11.4 Å². The maximum Gasteiger partial charge on any atom is 0.431 e. The molecule has 0 bridgehead atoms. The highest BCUT2D eigenvalue weighted by Crippen LogP contribution is 2.41. The van der Waals surface area contributed by atoms with Gasteiger partial charge in [-0.2, -0.15) is 13.2 Å². The van der Waals surface area contributed by atoms with E-state index in [9.17, 15) is 28.1 Å². The highest BCUT2D eigenvalue weighted by atomic mass is 19.4. The third-order valence-corrected chi connectivity index (χ3v) is 2.87. The first-order valence-electron chi connectivity index (χ1n) is 5.46. The van der Waals surface area contributed by atoms with Gasteiger partial charge in [0, 0.05) is 19.2 Å². The summed E-state index contributed by atoms with van der Waals surface area (Å²) in [5.41, 5.74) is -3.57. The number of nitro groups is 1. The fourth-order valence-electron chi connectivity index (χ4n) is 1.90. The molecule has 1 aliphatic carbocycles. The number of aromatic nitrogens is 1. The Morgan fingerprint density at radius 2 is 2.05 bits per heavy atom. The van der Waals surface area contributed by atoms with E-state index in [0.717, 1.165) is 0 Å². The molecule has 9 heteroatoms. The summed E-state index contributed by atoms with van der Waals surface area (Å²) in [6.07, 6.45) is -3.88. The summed E-state index contributed by atoms with van der Waals surface area (Å²) in [6, 6.07) is -0.122. The van der Waals surface area contributed by atoms with Crippen molar-refractivity contribution < 1.29 is 18.1 Å². The largest absolute Gasteiger partial charge is 0.431 e. The minimum atomic E-state index is -4.81. The van der Waals surface area contributed by atoms with Gasteiger partial charge in [-0.25, -0.2) is 0 Å². The molecule has 6 nitrogen and oxygen atoms in total. The van der Waals surface area contributed by atoms with Crippen LogP contribution in [-0.2, 0) is 6.18 Å². The van der Waals surface area contributed by atoms with Crippen molar-refractivity contribution in [1.82, 2.24) is 4.57 Å². The summed E-state index contributed by atoms with van der Waals surface area (Å²) in [5, 5.41) is 13.1. The Balaban J connectivity index is 2.79. The van der Waals surface area contributed by atoms with E-state index < -0.39 is 39.8 Å². The number of hydrogen-bond donors (Lipinski definition) is 1. The number of nitrogens with zero attached hydrogens (tertiary/aromatic N) is 2. The molecule has 1 N–H and O–H groups in total. The van der Waals surface area contributed by atoms with Crippen LogP contribution >= 0.6 is 0 Å². The van der Waals surface area contributed by atoms with Crippen LogP contribution in [-0.4, -0.2) is 16.5 Å². The number of hydrogen-bond acceptors (Lipinski definition) is 4. The number of anilines is 1. The standard InChI is InChI=1S/C10H10F3N3O3/c1-14-8-6(16(18)19)4-7(10(11,12)13)15(9(8)17)5-2-3-5/h4-5,14H,2-3H2,1H3. The van der Waals surface area contributed by atoms with Gasteiger partial charge in [0.15, 0.2) is 5.69 Å². The molecule has 0 atom stereocenters. The van der Waals surface area contributed by atoms with Crippen LogP contribution in [0.2, 0.25) is 0 Å². The topological polar surface area (TPSA) is 77.2 Å². The number of halogens is 3. The second-order valence-electron chi connectivity index (χ2n) is 4.20. The molecule has 1 heterocycles. The van der Waals surface area contributed by atoms with Crippen LogP contribution < -0.4 is 10.9 Å². The Bertz CT molecular complexity index is 590. The summed E-state index contributed by atoms with van der Waals surface area (Å²) in [7, 11) is 1.26. The van der Waals surface area contributed by atoms with Gasteiger partial charge in [0.05, 0.1) is 4.92 Å². The van der Waals surface area contributed by atoms with E-state index in [1.54, 1.807) is 0 Å². The van der Waals surface area contributed by atoms with Crippen molar-refractivity contribution in [2.24, 2.45) is 0 Å². The van der Waals surface area contributed by atoms with Gasteiger partial charge in [0.25, 0.3) is 11.2 Å². The lowest BCUT2D eigenvalue weighted by atomic mass is 10.2. The third kappa shape index (κ3) is 2.27. The van der Waals surface area contributed by atoms with E-state index in [1.165, 1.54) is 7.05 Å². The summed E-state index contributed by atoms with van der Waals surface area (Å²) in [4.78, 5) is 21.7. The van der Waals surface area contributed by atoms with Gasteiger partial charge in [-0.05, 0) is 12.8 Å². The average Bonchev–Trinajstić information content (AvgIpc) is 3.09. The molecule has 0 radical (unpaired) electrons. The fraction of sp³-hybridized carbons (Fsp3) is 0.500. The SMILES string of the molecule is CNc1c([N+](=O)[O-])cc(C(F)(F)F)n(C2CC2)c1=O. The molecular formula is C10H10F3N3O3. The molecule has 19 heavy (non-hydrogen) atoms. The molecule has 0 saturated heterocycles. The molecule has 1 aliphatic rings. The van der Waals surface area contributed by atoms with Crippen molar-refractivity contribution in [3.63, 3.8) is 0 Å². The quantitative estimate of drug-likeness (QED) is 0.678. The molecule has 0 spiro atoms. The van der Waals surface area contributed by atoms with Crippen molar-refractivity contribution in [2.75, 3.05) is 12.4 Å². The normalized spacial score (nSPS) is 15.4. The predicted molar refractivity (Wildman–Crippen MR) is 60.2 cm³/mol. The monoisotopic (exact) mass is 277 g/mol. The van der Waals surface area contributed by atoms with Crippen LogP contribution in [0.4, 0.5) is 24.5 Å². The molecule has 2 rings (SSSR count). The Labute approximate surface area is 105 Å². The second-order valence-corrected chi connectivity index (χ2v) is 4.20.